The number of amides is 1. The van der Waals surface area contributed by atoms with Crippen LogP contribution in [0.4, 0.5) is 4.79 Å². The molecule has 13 heavy (non-hydrogen) atoms. The van der Waals surface area contributed by atoms with E-state index in [1.165, 1.54) is 0 Å². The molecule has 0 aromatic heterocycles. The Hall–Kier alpha value is -0.770. The highest BCUT2D eigenvalue weighted by Gasteiger charge is 2.19. The Labute approximate surface area is 79.0 Å². The summed E-state index contributed by atoms with van der Waals surface area (Å²) >= 11 is 0. The molecule has 1 rings (SSSR count). The van der Waals surface area contributed by atoms with E-state index >= 15 is 0 Å². The predicted molar refractivity (Wildman–Crippen MR) is 50.6 cm³/mol. The van der Waals surface area contributed by atoms with Crippen LogP contribution in [0.1, 0.15) is 20.3 Å². The van der Waals surface area contributed by atoms with Gasteiger partial charge in [0.05, 0.1) is 6.61 Å². The number of rotatable bonds is 2. The fourth-order valence-corrected chi connectivity index (χ4v) is 1.61. The molecule has 0 saturated carbocycles. The number of ether oxygens (including phenoxy) is 1. The molecule has 1 fully saturated rings. The molecule has 1 aliphatic rings. The van der Waals surface area contributed by atoms with Gasteiger partial charge in [-0.3, -0.25) is 0 Å². The Morgan fingerprint density at radius 3 is 3.00 bits per heavy atom. The van der Waals surface area contributed by atoms with Crippen LogP contribution >= 0.6 is 0 Å². The number of hydrogen-bond acceptors (Lipinski definition) is 3. The minimum atomic E-state index is -0.302. The second-order valence-electron chi connectivity index (χ2n) is 3.56. The molecular weight excluding hydrogens is 168 g/mol. The van der Waals surface area contributed by atoms with Gasteiger partial charge in [0.1, 0.15) is 0 Å². The average Bonchev–Trinajstić information content (AvgIpc) is 2.04. The Bertz CT molecular complexity index is 173. The predicted octanol–water partition coefficient (Wildman–Crippen LogP) is 0.730. The third-order valence-corrected chi connectivity index (χ3v) is 2.17. The number of carbonyl (C=O) groups excluding carboxylic acids is 1. The van der Waals surface area contributed by atoms with Crippen molar-refractivity contribution in [1.29, 1.82) is 0 Å². The zero-order valence-corrected chi connectivity index (χ0v) is 8.30. The van der Waals surface area contributed by atoms with E-state index in [0.29, 0.717) is 12.5 Å². The molecule has 1 amide bonds. The van der Waals surface area contributed by atoms with Gasteiger partial charge < -0.3 is 15.4 Å². The maximum absolute atomic E-state index is 11.1. The van der Waals surface area contributed by atoms with Gasteiger partial charge in [0.15, 0.2) is 0 Å². The van der Waals surface area contributed by atoms with Crippen LogP contribution in [0.2, 0.25) is 0 Å². The van der Waals surface area contributed by atoms with Gasteiger partial charge in [-0.1, -0.05) is 6.92 Å². The molecule has 0 spiro atoms. The van der Waals surface area contributed by atoms with E-state index < -0.39 is 0 Å². The van der Waals surface area contributed by atoms with Gasteiger partial charge in [-0.05, 0) is 25.8 Å². The van der Waals surface area contributed by atoms with Crippen molar-refractivity contribution in [2.24, 2.45) is 5.92 Å². The summed E-state index contributed by atoms with van der Waals surface area (Å²) in [6.07, 6.45) is 0.731. The normalized spacial score (nSPS) is 28.2. The first-order chi connectivity index (χ1) is 6.22. The van der Waals surface area contributed by atoms with Crippen molar-refractivity contribution in [3.05, 3.63) is 0 Å². The molecule has 0 aliphatic carbocycles. The summed E-state index contributed by atoms with van der Waals surface area (Å²) in [4.78, 5) is 11.1. The molecule has 1 heterocycles. The van der Waals surface area contributed by atoms with Crippen LogP contribution in [-0.2, 0) is 4.74 Å². The monoisotopic (exact) mass is 186 g/mol. The zero-order chi connectivity index (χ0) is 9.68. The number of nitrogens with one attached hydrogen (secondary N) is 2. The molecule has 4 nitrogen and oxygen atoms in total. The quantitative estimate of drug-likeness (QED) is 0.668. The third-order valence-electron chi connectivity index (χ3n) is 2.17. The Morgan fingerprint density at radius 2 is 2.38 bits per heavy atom. The van der Waals surface area contributed by atoms with Crippen molar-refractivity contribution >= 4 is 6.09 Å². The number of alkyl carbamates (subject to hydrolysis) is 1. The molecule has 1 saturated heterocycles. The molecular formula is C9H18N2O2. The van der Waals surface area contributed by atoms with Gasteiger partial charge in [0.25, 0.3) is 0 Å². The van der Waals surface area contributed by atoms with Gasteiger partial charge in [-0.15, -0.1) is 0 Å². The van der Waals surface area contributed by atoms with Crippen molar-refractivity contribution in [2.45, 2.75) is 26.3 Å². The lowest BCUT2D eigenvalue weighted by molar-refractivity contribution is 0.144. The van der Waals surface area contributed by atoms with Crippen molar-refractivity contribution < 1.29 is 9.53 Å². The molecule has 1 aliphatic heterocycles. The van der Waals surface area contributed by atoms with Crippen LogP contribution in [0.3, 0.4) is 0 Å². The van der Waals surface area contributed by atoms with Gasteiger partial charge in [-0.2, -0.15) is 0 Å². The van der Waals surface area contributed by atoms with Crippen LogP contribution in [0.5, 0.6) is 0 Å². The molecule has 0 aromatic rings. The Morgan fingerprint density at radius 1 is 1.62 bits per heavy atom. The van der Waals surface area contributed by atoms with Crippen LogP contribution in [0.25, 0.3) is 0 Å². The molecule has 0 bridgehead atoms. The van der Waals surface area contributed by atoms with E-state index in [0.717, 1.165) is 19.5 Å². The summed E-state index contributed by atoms with van der Waals surface area (Å²) in [5.41, 5.74) is 0. The lowest BCUT2D eigenvalue weighted by atomic mass is 9.98. The third kappa shape index (κ3) is 3.63. The average molecular weight is 186 g/mol. The summed E-state index contributed by atoms with van der Waals surface area (Å²) < 4.78 is 4.80. The molecule has 2 unspecified atom stereocenters. The maximum Gasteiger partial charge on any atom is 0.407 e. The fourth-order valence-electron chi connectivity index (χ4n) is 1.61. The maximum atomic E-state index is 11.1. The van der Waals surface area contributed by atoms with Gasteiger partial charge in [-0.25, -0.2) is 4.79 Å². The lowest BCUT2D eigenvalue weighted by Gasteiger charge is -2.27. The van der Waals surface area contributed by atoms with Crippen molar-refractivity contribution in [2.75, 3.05) is 19.7 Å². The first-order valence-electron chi connectivity index (χ1n) is 4.86. The number of carbonyl (C=O) groups is 1. The van der Waals surface area contributed by atoms with Crippen molar-refractivity contribution in [3.8, 4) is 0 Å². The second kappa shape index (κ2) is 5.07. The first-order valence-corrected chi connectivity index (χ1v) is 4.86. The highest BCUT2D eigenvalue weighted by atomic mass is 16.5. The zero-order valence-electron chi connectivity index (χ0n) is 8.30. The van der Waals surface area contributed by atoms with Gasteiger partial charge in [0.2, 0.25) is 0 Å². The first kappa shape index (κ1) is 10.3. The van der Waals surface area contributed by atoms with Crippen molar-refractivity contribution in [1.82, 2.24) is 10.6 Å². The number of hydrogen-bond donors (Lipinski definition) is 2. The number of piperidine rings is 1. The van der Waals surface area contributed by atoms with E-state index in [4.69, 9.17) is 4.74 Å². The van der Waals surface area contributed by atoms with E-state index in [2.05, 4.69) is 17.6 Å². The van der Waals surface area contributed by atoms with E-state index in [9.17, 15) is 4.79 Å². The van der Waals surface area contributed by atoms with Crippen LogP contribution < -0.4 is 10.6 Å². The SMILES string of the molecule is CCOC(=O)NC1CNCC(C)C1. The lowest BCUT2D eigenvalue weighted by Crippen LogP contribution is -2.48. The highest BCUT2D eigenvalue weighted by molar-refractivity contribution is 5.67. The molecule has 0 aromatic carbocycles. The standard InChI is InChI=1S/C9H18N2O2/c1-3-13-9(12)11-8-4-7(2)5-10-6-8/h7-8,10H,3-6H2,1-2H3,(H,11,12). The van der Waals surface area contributed by atoms with E-state index in [1.807, 2.05) is 0 Å². The van der Waals surface area contributed by atoms with E-state index in [1.54, 1.807) is 6.92 Å². The summed E-state index contributed by atoms with van der Waals surface area (Å²) in [6.45, 7) is 6.30. The topological polar surface area (TPSA) is 50.4 Å². The molecule has 2 N–H and O–H groups in total. The minimum absolute atomic E-state index is 0.225. The van der Waals surface area contributed by atoms with Crippen LogP contribution in [0, 0.1) is 5.92 Å². The van der Waals surface area contributed by atoms with Gasteiger partial charge >= 0.3 is 6.09 Å². The second-order valence-corrected chi connectivity index (χ2v) is 3.56. The minimum Gasteiger partial charge on any atom is -0.450 e. The van der Waals surface area contributed by atoms with Gasteiger partial charge in [0, 0.05) is 12.6 Å². The Kier molecular flexibility index (Phi) is 4.02. The van der Waals surface area contributed by atoms with Crippen molar-refractivity contribution in [3.63, 3.8) is 0 Å². The van der Waals surface area contributed by atoms with Crippen LogP contribution in [-0.4, -0.2) is 31.8 Å². The molecule has 4 heteroatoms. The molecule has 76 valence electrons. The van der Waals surface area contributed by atoms with Crippen LogP contribution in [0.15, 0.2) is 0 Å². The Balaban J connectivity index is 2.23. The highest BCUT2D eigenvalue weighted by Crippen LogP contribution is 2.09. The molecule has 2 atom stereocenters. The summed E-state index contributed by atoms with van der Waals surface area (Å²) in [6, 6.07) is 0.225. The summed E-state index contributed by atoms with van der Waals surface area (Å²) in [7, 11) is 0. The summed E-state index contributed by atoms with van der Waals surface area (Å²) in [5.74, 6) is 0.626. The molecule has 0 radical (unpaired) electrons. The van der Waals surface area contributed by atoms with E-state index in [-0.39, 0.29) is 12.1 Å². The smallest absolute Gasteiger partial charge is 0.407 e. The largest absolute Gasteiger partial charge is 0.450 e. The summed E-state index contributed by atoms with van der Waals surface area (Å²) in [5, 5.41) is 6.09. The fraction of sp³-hybridized carbons (Fsp3) is 0.889.